The van der Waals surface area contributed by atoms with E-state index >= 15 is 0 Å². The van der Waals surface area contributed by atoms with Gasteiger partial charge in [-0.15, -0.1) is 24.0 Å². The van der Waals surface area contributed by atoms with Gasteiger partial charge in [0.2, 0.25) is 5.91 Å². The molecule has 8 heteroatoms. The standard InChI is InChI=1S/C16H30N4O2S.HI/c1-20(2)15(21)12-18-16(19-13-6-8-22-9-7-13)17-11-14-5-3-4-10-23-14;/h13-14H,3-12H2,1-2H3,(H2,17,18,19);1H. The van der Waals surface area contributed by atoms with Crippen LogP contribution in [0.25, 0.3) is 0 Å². The molecule has 0 aliphatic carbocycles. The summed E-state index contributed by atoms with van der Waals surface area (Å²) in [5, 5.41) is 7.55. The molecule has 2 heterocycles. The molecule has 2 aliphatic rings. The molecule has 2 aliphatic heterocycles. The number of carbonyl (C=O) groups excluding carboxylic acids is 1. The van der Waals surface area contributed by atoms with Crippen LogP contribution in [0.2, 0.25) is 0 Å². The third kappa shape index (κ3) is 8.24. The lowest BCUT2D eigenvalue weighted by Gasteiger charge is -2.27. The van der Waals surface area contributed by atoms with Gasteiger partial charge in [-0.1, -0.05) is 6.42 Å². The first-order valence-corrected chi connectivity index (χ1v) is 9.64. The first-order valence-electron chi connectivity index (χ1n) is 8.59. The van der Waals surface area contributed by atoms with Gasteiger partial charge in [0.25, 0.3) is 0 Å². The van der Waals surface area contributed by atoms with E-state index in [-0.39, 0.29) is 36.4 Å². The Morgan fingerprint density at radius 1 is 1.25 bits per heavy atom. The number of aliphatic imine (C=N–C) groups is 1. The van der Waals surface area contributed by atoms with Crippen LogP contribution in [0.5, 0.6) is 0 Å². The molecule has 0 aromatic rings. The van der Waals surface area contributed by atoms with Gasteiger partial charge >= 0.3 is 0 Å². The zero-order valence-corrected chi connectivity index (χ0v) is 17.9. The molecule has 0 spiro atoms. The minimum absolute atomic E-state index is 0. The van der Waals surface area contributed by atoms with Crippen LogP contribution in [0.15, 0.2) is 4.99 Å². The van der Waals surface area contributed by atoms with Gasteiger partial charge in [0.15, 0.2) is 5.96 Å². The summed E-state index contributed by atoms with van der Waals surface area (Å²) in [7, 11) is 3.52. The Kier molecular flexibility index (Phi) is 11.1. The van der Waals surface area contributed by atoms with E-state index in [0.717, 1.165) is 38.6 Å². The Bertz CT molecular complexity index is 398. The van der Waals surface area contributed by atoms with Gasteiger partial charge in [0.05, 0.1) is 0 Å². The fraction of sp³-hybridized carbons (Fsp3) is 0.875. The second-order valence-electron chi connectivity index (χ2n) is 6.35. The Hall–Kier alpha value is -0.220. The number of amides is 1. The predicted octanol–water partition coefficient (Wildman–Crippen LogP) is 1.69. The second kappa shape index (κ2) is 12.2. The maximum atomic E-state index is 11.8. The van der Waals surface area contributed by atoms with Crippen molar-refractivity contribution in [2.45, 2.75) is 43.4 Å². The monoisotopic (exact) mass is 470 g/mol. The number of halogens is 1. The van der Waals surface area contributed by atoms with Crippen molar-refractivity contribution in [1.29, 1.82) is 0 Å². The highest BCUT2D eigenvalue weighted by molar-refractivity contribution is 14.0. The highest BCUT2D eigenvalue weighted by Crippen LogP contribution is 2.24. The quantitative estimate of drug-likeness (QED) is 0.364. The lowest BCUT2D eigenvalue weighted by molar-refractivity contribution is -0.127. The molecule has 2 fully saturated rings. The van der Waals surface area contributed by atoms with Gasteiger partial charge in [0.1, 0.15) is 6.54 Å². The number of carbonyl (C=O) groups is 1. The van der Waals surface area contributed by atoms with Gasteiger partial charge in [-0.3, -0.25) is 4.79 Å². The van der Waals surface area contributed by atoms with Crippen LogP contribution >= 0.6 is 35.7 Å². The Labute approximate surface area is 166 Å². The van der Waals surface area contributed by atoms with Crippen molar-refractivity contribution in [2.75, 3.05) is 46.2 Å². The van der Waals surface area contributed by atoms with Crippen LogP contribution in [-0.2, 0) is 9.53 Å². The normalized spacial score (nSPS) is 22.4. The van der Waals surface area contributed by atoms with E-state index in [1.165, 1.54) is 25.0 Å². The molecule has 0 aromatic heterocycles. The Morgan fingerprint density at radius 2 is 2.00 bits per heavy atom. The summed E-state index contributed by atoms with van der Waals surface area (Å²) >= 11 is 2.04. The maximum absolute atomic E-state index is 11.8. The highest BCUT2D eigenvalue weighted by atomic mass is 127. The van der Waals surface area contributed by atoms with Crippen molar-refractivity contribution in [1.82, 2.24) is 15.5 Å². The smallest absolute Gasteiger partial charge is 0.243 e. The third-order valence-electron chi connectivity index (χ3n) is 4.20. The number of rotatable bonds is 5. The van der Waals surface area contributed by atoms with Crippen LogP contribution in [0.4, 0.5) is 0 Å². The minimum atomic E-state index is 0. The first kappa shape index (κ1) is 21.8. The van der Waals surface area contributed by atoms with Crippen LogP contribution in [0, 0.1) is 0 Å². The molecule has 0 saturated carbocycles. The van der Waals surface area contributed by atoms with E-state index in [9.17, 15) is 4.79 Å². The zero-order valence-electron chi connectivity index (χ0n) is 14.8. The van der Waals surface area contributed by atoms with Crippen molar-refractivity contribution >= 4 is 47.6 Å². The summed E-state index contributed by atoms with van der Waals surface area (Å²) in [6.45, 7) is 2.68. The Morgan fingerprint density at radius 3 is 2.62 bits per heavy atom. The lowest BCUT2D eigenvalue weighted by atomic mass is 10.1. The fourth-order valence-corrected chi connectivity index (χ4v) is 3.89. The van der Waals surface area contributed by atoms with Crippen LogP contribution in [-0.4, -0.2) is 74.2 Å². The highest BCUT2D eigenvalue weighted by Gasteiger charge is 2.18. The molecule has 6 nitrogen and oxygen atoms in total. The summed E-state index contributed by atoms with van der Waals surface area (Å²) in [5.41, 5.74) is 0. The largest absolute Gasteiger partial charge is 0.381 e. The summed E-state index contributed by atoms with van der Waals surface area (Å²) in [6.07, 6.45) is 5.89. The van der Waals surface area contributed by atoms with Crippen molar-refractivity contribution in [3.8, 4) is 0 Å². The molecule has 0 radical (unpaired) electrons. The molecule has 2 saturated heterocycles. The molecule has 1 amide bonds. The van der Waals surface area contributed by atoms with Crippen LogP contribution in [0.1, 0.15) is 32.1 Å². The SMILES string of the molecule is CN(C)C(=O)CN=C(NCC1CCCCS1)NC1CCOCC1.I. The summed E-state index contributed by atoms with van der Waals surface area (Å²) in [6, 6.07) is 0.378. The van der Waals surface area contributed by atoms with Gasteiger partial charge in [-0.05, 0) is 31.4 Å². The molecule has 1 atom stereocenters. The molecule has 2 N–H and O–H groups in total. The predicted molar refractivity (Wildman–Crippen MR) is 111 cm³/mol. The average molecular weight is 470 g/mol. The lowest BCUT2D eigenvalue weighted by Crippen LogP contribution is -2.47. The van der Waals surface area contributed by atoms with E-state index < -0.39 is 0 Å². The second-order valence-corrected chi connectivity index (χ2v) is 7.76. The van der Waals surface area contributed by atoms with E-state index in [4.69, 9.17) is 4.74 Å². The van der Waals surface area contributed by atoms with E-state index in [2.05, 4.69) is 15.6 Å². The molecule has 24 heavy (non-hydrogen) atoms. The summed E-state index contributed by atoms with van der Waals surface area (Å²) < 4.78 is 5.40. The number of guanidine groups is 1. The molecule has 0 aromatic carbocycles. The van der Waals surface area contributed by atoms with E-state index in [0.29, 0.717) is 11.3 Å². The number of hydrogen-bond acceptors (Lipinski definition) is 4. The van der Waals surface area contributed by atoms with Crippen molar-refractivity contribution in [3.05, 3.63) is 0 Å². The topological polar surface area (TPSA) is 66.0 Å². The first-order chi connectivity index (χ1) is 11.1. The fourth-order valence-electron chi connectivity index (χ4n) is 2.65. The minimum Gasteiger partial charge on any atom is -0.381 e. The van der Waals surface area contributed by atoms with Crippen LogP contribution < -0.4 is 10.6 Å². The maximum Gasteiger partial charge on any atom is 0.243 e. The number of likely N-dealkylation sites (N-methyl/N-ethyl adjacent to an activating group) is 1. The Balaban J connectivity index is 0.00000288. The van der Waals surface area contributed by atoms with Crippen molar-refractivity contribution in [2.24, 2.45) is 4.99 Å². The molecular formula is C16H31IN4O2S. The van der Waals surface area contributed by atoms with Gasteiger partial charge in [0, 0.05) is 45.1 Å². The van der Waals surface area contributed by atoms with E-state index in [1.807, 2.05) is 11.8 Å². The molecular weight excluding hydrogens is 439 g/mol. The number of thioether (sulfide) groups is 1. The van der Waals surface area contributed by atoms with Gasteiger partial charge < -0.3 is 20.3 Å². The number of nitrogens with one attached hydrogen (secondary N) is 2. The van der Waals surface area contributed by atoms with Gasteiger partial charge in [-0.25, -0.2) is 4.99 Å². The third-order valence-corrected chi connectivity index (χ3v) is 5.60. The summed E-state index contributed by atoms with van der Waals surface area (Å²) in [4.78, 5) is 17.8. The number of hydrogen-bond donors (Lipinski definition) is 2. The molecule has 140 valence electrons. The van der Waals surface area contributed by atoms with Crippen molar-refractivity contribution in [3.63, 3.8) is 0 Å². The number of ether oxygens (including phenoxy) is 1. The molecule has 2 rings (SSSR count). The molecule has 1 unspecified atom stereocenters. The number of nitrogens with zero attached hydrogens (tertiary/aromatic N) is 2. The average Bonchev–Trinajstić information content (AvgIpc) is 2.58. The van der Waals surface area contributed by atoms with E-state index in [1.54, 1.807) is 19.0 Å². The molecule has 0 bridgehead atoms. The zero-order chi connectivity index (χ0) is 16.5. The van der Waals surface area contributed by atoms with Crippen LogP contribution in [0.3, 0.4) is 0 Å². The summed E-state index contributed by atoms with van der Waals surface area (Å²) in [5.74, 6) is 2.04. The van der Waals surface area contributed by atoms with Gasteiger partial charge in [-0.2, -0.15) is 11.8 Å². The van der Waals surface area contributed by atoms with Crippen molar-refractivity contribution < 1.29 is 9.53 Å².